The molecule has 0 unspecified atom stereocenters. The zero-order valence-electron chi connectivity index (χ0n) is 12.8. The summed E-state index contributed by atoms with van der Waals surface area (Å²) in [4.78, 5) is 17.2. The molecule has 4 nitrogen and oxygen atoms in total. The van der Waals surface area contributed by atoms with Gasteiger partial charge in [-0.15, -0.1) is 0 Å². The fraction of sp³-hybridized carbons (Fsp3) is 0.588. The van der Waals surface area contributed by atoms with Crippen molar-refractivity contribution < 1.29 is 4.79 Å². The molecule has 0 aliphatic carbocycles. The van der Waals surface area contributed by atoms with Crippen molar-refractivity contribution in [2.45, 2.75) is 38.6 Å². The van der Waals surface area contributed by atoms with Gasteiger partial charge in [-0.25, -0.2) is 0 Å². The molecule has 2 heterocycles. The molecule has 0 radical (unpaired) electrons. The Kier molecular flexibility index (Phi) is 4.15. The highest BCUT2D eigenvalue weighted by Crippen LogP contribution is 2.22. The maximum Gasteiger partial charge on any atom is 0.253 e. The van der Waals surface area contributed by atoms with E-state index >= 15 is 0 Å². The SMILES string of the molecule is Cc1cc(N)cc(C(=O)N2CCC(N3CCCC3)CC2)c1. The molecule has 0 saturated carbocycles. The molecule has 2 saturated heterocycles. The van der Waals surface area contributed by atoms with Crippen LogP contribution in [0, 0.1) is 6.92 Å². The number of hydrogen-bond donors (Lipinski definition) is 1. The molecule has 21 heavy (non-hydrogen) atoms. The Balaban J connectivity index is 1.62. The van der Waals surface area contributed by atoms with Crippen molar-refractivity contribution >= 4 is 11.6 Å². The first kappa shape index (κ1) is 14.4. The van der Waals surface area contributed by atoms with E-state index in [1.807, 2.05) is 24.0 Å². The van der Waals surface area contributed by atoms with E-state index in [9.17, 15) is 4.79 Å². The lowest BCUT2D eigenvalue weighted by Gasteiger charge is -2.36. The number of aryl methyl sites for hydroxylation is 1. The fourth-order valence-corrected chi connectivity index (χ4v) is 3.66. The zero-order chi connectivity index (χ0) is 14.8. The monoisotopic (exact) mass is 287 g/mol. The molecule has 0 spiro atoms. The van der Waals surface area contributed by atoms with E-state index in [2.05, 4.69) is 4.90 Å². The average Bonchev–Trinajstić information content (AvgIpc) is 3.00. The van der Waals surface area contributed by atoms with Gasteiger partial charge in [0.05, 0.1) is 0 Å². The van der Waals surface area contributed by atoms with E-state index in [-0.39, 0.29) is 5.91 Å². The predicted molar refractivity (Wildman–Crippen MR) is 85.3 cm³/mol. The largest absolute Gasteiger partial charge is 0.399 e. The Morgan fingerprint density at radius 1 is 1.10 bits per heavy atom. The van der Waals surface area contributed by atoms with Crippen molar-refractivity contribution in [3.63, 3.8) is 0 Å². The second kappa shape index (κ2) is 6.06. The Morgan fingerprint density at radius 3 is 2.38 bits per heavy atom. The summed E-state index contributed by atoms with van der Waals surface area (Å²) < 4.78 is 0. The topological polar surface area (TPSA) is 49.6 Å². The second-order valence-electron chi connectivity index (χ2n) is 6.40. The number of nitrogen functional groups attached to an aromatic ring is 1. The number of carbonyl (C=O) groups is 1. The molecule has 3 rings (SSSR count). The quantitative estimate of drug-likeness (QED) is 0.849. The van der Waals surface area contributed by atoms with Crippen molar-refractivity contribution in [2.24, 2.45) is 0 Å². The molecular weight excluding hydrogens is 262 g/mol. The maximum atomic E-state index is 12.6. The summed E-state index contributed by atoms with van der Waals surface area (Å²) in [6.45, 7) is 6.20. The van der Waals surface area contributed by atoms with E-state index in [1.165, 1.54) is 25.9 Å². The van der Waals surface area contributed by atoms with Crippen molar-refractivity contribution in [2.75, 3.05) is 31.9 Å². The lowest BCUT2D eigenvalue weighted by atomic mass is 10.0. The lowest BCUT2D eigenvalue weighted by molar-refractivity contribution is 0.0644. The molecule has 2 N–H and O–H groups in total. The third-order valence-corrected chi connectivity index (χ3v) is 4.76. The van der Waals surface area contributed by atoms with E-state index < -0.39 is 0 Å². The number of benzene rings is 1. The number of amides is 1. The molecule has 0 bridgehead atoms. The van der Waals surface area contributed by atoms with Crippen molar-refractivity contribution in [1.82, 2.24) is 9.80 Å². The van der Waals surface area contributed by atoms with Crippen LogP contribution in [0.2, 0.25) is 0 Å². The summed E-state index contributed by atoms with van der Waals surface area (Å²) in [5.41, 5.74) is 8.30. The van der Waals surface area contributed by atoms with Gasteiger partial charge in [0, 0.05) is 30.4 Å². The number of nitrogens with zero attached hydrogens (tertiary/aromatic N) is 2. The summed E-state index contributed by atoms with van der Waals surface area (Å²) in [6.07, 6.45) is 4.88. The Morgan fingerprint density at radius 2 is 1.76 bits per heavy atom. The van der Waals surface area contributed by atoms with Gasteiger partial charge in [-0.05, 0) is 69.5 Å². The van der Waals surface area contributed by atoms with Crippen LogP contribution in [-0.2, 0) is 0 Å². The van der Waals surface area contributed by atoms with Crippen LogP contribution in [-0.4, -0.2) is 47.9 Å². The summed E-state index contributed by atoms with van der Waals surface area (Å²) in [5, 5.41) is 0. The van der Waals surface area contributed by atoms with Crippen LogP contribution in [0.3, 0.4) is 0 Å². The van der Waals surface area contributed by atoms with Gasteiger partial charge < -0.3 is 15.5 Å². The first-order valence-electron chi connectivity index (χ1n) is 8.04. The van der Waals surface area contributed by atoms with Crippen molar-refractivity contribution in [1.29, 1.82) is 0 Å². The van der Waals surface area contributed by atoms with Crippen molar-refractivity contribution in [3.8, 4) is 0 Å². The predicted octanol–water partition coefficient (Wildman–Crippen LogP) is 2.28. The zero-order valence-corrected chi connectivity index (χ0v) is 12.8. The van der Waals surface area contributed by atoms with Gasteiger partial charge in [-0.1, -0.05) is 0 Å². The minimum absolute atomic E-state index is 0.130. The number of likely N-dealkylation sites (tertiary alicyclic amines) is 2. The van der Waals surface area contributed by atoms with Gasteiger partial charge in [-0.2, -0.15) is 0 Å². The van der Waals surface area contributed by atoms with E-state index in [0.717, 1.165) is 37.1 Å². The minimum atomic E-state index is 0.130. The molecule has 114 valence electrons. The van der Waals surface area contributed by atoms with Crippen LogP contribution in [0.4, 0.5) is 5.69 Å². The van der Waals surface area contributed by atoms with Crippen LogP contribution in [0.1, 0.15) is 41.6 Å². The molecule has 1 amide bonds. The first-order chi connectivity index (χ1) is 10.1. The van der Waals surface area contributed by atoms with Crippen LogP contribution in [0.5, 0.6) is 0 Å². The molecular formula is C17H25N3O. The number of rotatable bonds is 2. The van der Waals surface area contributed by atoms with Gasteiger partial charge >= 0.3 is 0 Å². The molecule has 1 aromatic carbocycles. The standard InChI is InChI=1S/C17H25N3O/c1-13-10-14(12-15(18)11-13)17(21)20-8-4-16(5-9-20)19-6-2-3-7-19/h10-12,16H,2-9,18H2,1H3. The molecule has 4 heteroatoms. The Bertz CT molecular complexity index is 495. The molecule has 0 atom stereocenters. The third-order valence-electron chi connectivity index (χ3n) is 4.76. The molecule has 1 aromatic rings. The van der Waals surface area contributed by atoms with Crippen molar-refractivity contribution in [3.05, 3.63) is 29.3 Å². The van der Waals surface area contributed by atoms with Crippen LogP contribution in [0.15, 0.2) is 18.2 Å². The number of hydrogen-bond acceptors (Lipinski definition) is 3. The second-order valence-corrected chi connectivity index (χ2v) is 6.40. The van der Waals surface area contributed by atoms with E-state index in [1.54, 1.807) is 6.07 Å². The summed E-state index contributed by atoms with van der Waals surface area (Å²) >= 11 is 0. The first-order valence-corrected chi connectivity index (χ1v) is 8.04. The number of piperidine rings is 1. The average molecular weight is 287 g/mol. The van der Waals surface area contributed by atoms with Gasteiger partial charge in [-0.3, -0.25) is 4.79 Å². The number of nitrogens with two attached hydrogens (primary N) is 1. The van der Waals surface area contributed by atoms with Crippen LogP contribution < -0.4 is 5.73 Å². The normalized spacial score (nSPS) is 20.9. The third kappa shape index (κ3) is 3.21. The lowest BCUT2D eigenvalue weighted by Crippen LogP contribution is -2.45. The van der Waals surface area contributed by atoms with Gasteiger partial charge in [0.2, 0.25) is 0 Å². The van der Waals surface area contributed by atoms with E-state index in [4.69, 9.17) is 5.73 Å². The molecule has 2 aliphatic rings. The summed E-state index contributed by atoms with van der Waals surface area (Å²) in [7, 11) is 0. The molecule has 2 aliphatic heterocycles. The van der Waals surface area contributed by atoms with Gasteiger partial charge in [0.15, 0.2) is 0 Å². The van der Waals surface area contributed by atoms with Crippen LogP contribution >= 0.6 is 0 Å². The number of carbonyl (C=O) groups excluding carboxylic acids is 1. The summed E-state index contributed by atoms with van der Waals surface area (Å²) in [5.74, 6) is 0.130. The highest BCUT2D eigenvalue weighted by atomic mass is 16.2. The Hall–Kier alpha value is -1.55. The van der Waals surface area contributed by atoms with Crippen LogP contribution in [0.25, 0.3) is 0 Å². The minimum Gasteiger partial charge on any atom is -0.399 e. The van der Waals surface area contributed by atoms with E-state index in [0.29, 0.717) is 11.7 Å². The summed E-state index contributed by atoms with van der Waals surface area (Å²) in [6, 6.07) is 6.31. The number of anilines is 1. The Labute approximate surface area is 126 Å². The fourth-order valence-electron chi connectivity index (χ4n) is 3.66. The highest BCUT2D eigenvalue weighted by Gasteiger charge is 2.28. The van der Waals surface area contributed by atoms with Gasteiger partial charge in [0.1, 0.15) is 0 Å². The highest BCUT2D eigenvalue weighted by molar-refractivity contribution is 5.95. The maximum absolute atomic E-state index is 12.6. The molecule has 0 aromatic heterocycles. The molecule has 2 fully saturated rings. The smallest absolute Gasteiger partial charge is 0.253 e. The van der Waals surface area contributed by atoms with Gasteiger partial charge in [0.25, 0.3) is 5.91 Å².